The topological polar surface area (TPSA) is 115 Å². The summed E-state index contributed by atoms with van der Waals surface area (Å²) in [7, 11) is 1.50. The lowest BCUT2D eigenvalue weighted by Gasteiger charge is -2.19. The van der Waals surface area contributed by atoms with Gasteiger partial charge in [-0.2, -0.15) is 4.98 Å². The Kier molecular flexibility index (Phi) is 7.37. The third-order valence-electron chi connectivity index (χ3n) is 4.33. The lowest BCUT2D eigenvalue weighted by atomic mass is 10.2. The van der Waals surface area contributed by atoms with Crippen LogP contribution in [0.2, 0.25) is 0 Å². The Balaban J connectivity index is 1.53. The molecule has 1 heterocycles. The van der Waals surface area contributed by atoms with Crippen LogP contribution in [0.15, 0.2) is 40.8 Å². The van der Waals surface area contributed by atoms with Crippen molar-refractivity contribution in [2.75, 3.05) is 24.3 Å². The summed E-state index contributed by atoms with van der Waals surface area (Å²) in [5.41, 5.74) is 1.37. The number of hydrogen-bond donors (Lipinski definition) is 3. The quantitative estimate of drug-likeness (QED) is 0.409. The number of benzene rings is 2. The Morgan fingerprint density at radius 3 is 2.67 bits per heavy atom. The first-order valence-corrected chi connectivity index (χ1v) is 10.4. The van der Waals surface area contributed by atoms with Gasteiger partial charge in [-0.25, -0.2) is 9.18 Å². The summed E-state index contributed by atoms with van der Waals surface area (Å²) in [5, 5.41) is 8.40. The summed E-state index contributed by atoms with van der Waals surface area (Å²) in [6.45, 7) is 5.67. The second-order valence-electron chi connectivity index (χ2n) is 8.25. The fourth-order valence-electron chi connectivity index (χ4n) is 2.92. The molecule has 0 atom stereocenters. The molecule has 0 bridgehead atoms. The maximum atomic E-state index is 13.4. The van der Waals surface area contributed by atoms with E-state index in [2.05, 4.69) is 20.9 Å². The number of carbonyl (C=O) groups excluding carboxylic acids is 2. The lowest BCUT2D eigenvalue weighted by molar-refractivity contribution is -0.116. The van der Waals surface area contributed by atoms with Crippen LogP contribution in [0.5, 0.6) is 5.75 Å². The van der Waals surface area contributed by atoms with Crippen molar-refractivity contribution in [2.45, 2.75) is 39.2 Å². The third-order valence-corrected chi connectivity index (χ3v) is 4.33. The summed E-state index contributed by atoms with van der Waals surface area (Å²) in [4.78, 5) is 28.0. The number of carbonyl (C=O) groups is 2. The number of anilines is 3. The van der Waals surface area contributed by atoms with E-state index in [1.165, 1.54) is 25.3 Å². The Labute approximate surface area is 190 Å². The number of nitrogens with zero attached hydrogens (tertiary/aromatic N) is 1. The zero-order chi connectivity index (χ0) is 24.0. The van der Waals surface area contributed by atoms with Gasteiger partial charge in [0.2, 0.25) is 5.91 Å². The number of oxazole rings is 1. The normalized spacial score (nSPS) is 11.2. The van der Waals surface area contributed by atoms with E-state index in [0.717, 1.165) is 0 Å². The predicted molar refractivity (Wildman–Crippen MR) is 122 cm³/mol. The smallest absolute Gasteiger partial charge is 0.407 e. The molecule has 176 valence electrons. The van der Waals surface area contributed by atoms with E-state index in [1.54, 1.807) is 39.0 Å². The fourth-order valence-corrected chi connectivity index (χ4v) is 2.92. The van der Waals surface area contributed by atoms with E-state index >= 15 is 0 Å². The van der Waals surface area contributed by atoms with Gasteiger partial charge >= 0.3 is 6.09 Å². The van der Waals surface area contributed by atoms with E-state index in [9.17, 15) is 14.0 Å². The molecule has 0 saturated heterocycles. The van der Waals surface area contributed by atoms with Crippen LogP contribution in [-0.4, -0.2) is 36.2 Å². The SMILES string of the molecule is COc1cc(NC(=O)CCCNC(=O)OC(C)(C)C)ccc1Nc1nc2cc(F)ccc2o1. The molecular weight excluding hydrogens is 431 g/mol. The minimum Gasteiger partial charge on any atom is -0.494 e. The molecule has 0 unspecified atom stereocenters. The van der Waals surface area contributed by atoms with Crippen molar-refractivity contribution in [3.63, 3.8) is 0 Å². The number of alkyl carbamates (subject to hydrolysis) is 1. The molecule has 33 heavy (non-hydrogen) atoms. The molecule has 1 aromatic heterocycles. The number of halogens is 1. The second-order valence-corrected chi connectivity index (χ2v) is 8.25. The van der Waals surface area contributed by atoms with E-state index in [0.29, 0.717) is 41.2 Å². The largest absolute Gasteiger partial charge is 0.494 e. The van der Waals surface area contributed by atoms with Crippen LogP contribution in [0.1, 0.15) is 33.6 Å². The van der Waals surface area contributed by atoms with Crippen molar-refractivity contribution >= 4 is 40.5 Å². The highest BCUT2D eigenvalue weighted by Gasteiger charge is 2.16. The molecule has 0 saturated carbocycles. The minimum absolute atomic E-state index is 0.183. The molecular formula is C23H27FN4O5. The molecule has 0 radical (unpaired) electrons. The van der Waals surface area contributed by atoms with Crippen molar-refractivity contribution < 1.29 is 27.9 Å². The zero-order valence-corrected chi connectivity index (χ0v) is 19.0. The summed E-state index contributed by atoms with van der Waals surface area (Å²) in [5.74, 6) is -0.154. The highest BCUT2D eigenvalue weighted by Crippen LogP contribution is 2.31. The maximum Gasteiger partial charge on any atom is 0.407 e. The Morgan fingerprint density at radius 1 is 1.15 bits per heavy atom. The third kappa shape index (κ3) is 7.09. The van der Waals surface area contributed by atoms with E-state index < -0.39 is 17.5 Å². The molecule has 0 spiro atoms. The van der Waals surface area contributed by atoms with Gasteiger partial charge in [0.25, 0.3) is 6.01 Å². The first kappa shape index (κ1) is 23.8. The van der Waals surface area contributed by atoms with Gasteiger partial charge in [-0.1, -0.05) is 0 Å². The van der Waals surface area contributed by atoms with Gasteiger partial charge in [0, 0.05) is 30.8 Å². The molecule has 3 aromatic rings. The standard InChI is InChI=1S/C23H27FN4O5/c1-23(2,3)33-22(30)25-11-5-6-20(29)26-15-8-9-16(19(13-15)31-4)27-21-28-17-12-14(24)7-10-18(17)32-21/h7-10,12-13H,5-6,11H2,1-4H3,(H,25,30)(H,26,29)(H,27,28). The molecule has 0 aliphatic rings. The highest BCUT2D eigenvalue weighted by molar-refractivity contribution is 5.91. The zero-order valence-electron chi connectivity index (χ0n) is 19.0. The minimum atomic E-state index is -0.570. The van der Waals surface area contributed by atoms with E-state index in [4.69, 9.17) is 13.9 Å². The fraction of sp³-hybridized carbons (Fsp3) is 0.348. The number of ether oxygens (including phenoxy) is 2. The monoisotopic (exact) mass is 458 g/mol. The van der Waals surface area contributed by atoms with Gasteiger partial charge < -0.3 is 29.8 Å². The molecule has 3 rings (SSSR count). The first-order chi connectivity index (χ1) is 15.6. The molecule has 0 fully saturated rings. The van der Waals surface area contributed by atoms with Crippen molar-refractivity contribution in [3.8, 4) is 5.75 Å². The Bertz CT molecular complexity index is 1140. The van der Waals surface area contributed by atoms with E-state index in [1.807, 2.05) is 0 Å². The number of fused-ring (bicyclic) bond motifs is 1. The van der Waals surface area contributed by atoms with Gasteiger partial charge in [0.1, 0.15) is 22.7 Å². The van der Waals surface area contributed by atoms with Crippen LogP contribution in [0.25, 0.3) is 11.1 Å². The van der Waals surface area contributed by atoms with Crippen LogP contribution in [0, 0.1) is 5.82 Å². The molecule has 0 aliphatic heterocycles. The van der Waals surface area contributed by atoms with Crippen LogP contribution in [0.3, 0.4) is 0 Å². The van der Waals surface area contributed by atoms with Gasteiger partial charge in [0.15, 0.2) is 5.58 Å². The average molecular weight is 458 g/mol. The van der Waals surface area contributed by atoms with Crippen molar-refractivity contribution in [3.05, 3.63) is 42.2 Å². The Hall–Kier alpha value is -3.82. The molecule has 10 heteroatoms. The summed E-state index contributed by atoms with van der Waals surface area (Å²) < 4.78 is 29.5. The maximum absolute atomic E-state index is 13.4. The summed E-state index contributed by atoms with van der Waals surface area (Å²) in [6, 6.07) is 9.32. The number of aromatic nitrogens is 1. The molecule has 2 aromatic carbocycles. The van der Waals surface area contributed by atoms with Crippen molar-refractivity contribution in [1.29, 1.82) is 0 Å². The van der Waals surface area contributed by atoms with E-state index in [-0.39, 0.29) is 18.3 Å². The molecule has 0 aliphatic carbocycles. The van der Waals surface area contributed by atoms with Crippen LogP contribution in [0.4, 0.5) is 26.6 Å². The van der Waals surface area contributed by atoms with Gasteiger partial charge in [0.05, 0.1) is 12.8 Å². The number of hydrogen-bond acceptors (Lipinski definition) is 7. The van der Waals surface area contributed by atoms with Crippen molar-refractivity contribution in [2.24, 2.45) is 0 Å². The number of rotatable bonds is 8. The van der Waals surface area contributed by atoms with Gasteiger partial charge in [-0.3, -0.25) is 4.79 Å². The molecule has 3 N–H and O–H groups in total. The number of amides is 2. The summed E-state index contributed by atoms with van der Waals surface area (Å²) in [6.07, 6.45) is 0.164. The lowest BCUT2D eigenvalue weighted by Crippen LogP contribution is -2.33. The second kappa shape index (κ2) is 10.2. The van der Waals surface area contributed by atoms with Crippen LogP contribution >= 0.6 is 0 Å². The predicted octanol–water partition coefficient (Wildman–Crippen LogP) is 4.96. The van der Waals surface area contributed by atoms with Crippen LogP contribution in [-0.2, 0) is 9.53 Å². The summed E-state index contributed by atoms with van der Waals surface area (Å²) >= 11 is 0. The van der Waals surface area contributed by atoms with Crippen LogP contribution < -0.4 is 20.7 Å². The van der Waals surface area contributed by atoms with Gasteiger partial charge in [-0.05, 0) is 51.5 Å². The Morgan fingerprint density at radius 2 is 1.94 bits per heavy atom. The molecule has 2 amide bonds. The van der Waals surface area contributed by atoms with Gasteiger partial charge in [-0.15, -0.1) is 0 Å². The number of methoxy groups -OCH3 is 1. The molecule has 9 nitrogen and oxygen atoms in total. The van der Waals surface area contributed by atoms with Crippen molar-refractivity contribution in [1.82, 2.24) is 10.3 Å². The number of nitrogens with one attached hydrogen (secondary N) is 3. The average Bonchev–Trinajstić information content (AvgIpc) is 3.12. The first-order valence-electron chi connectivity index (χ1n) is 10.4. The highest BCUT2D eigenvalue weighted by atomic mass is 19.1.